The number of carboxylic acid groups (broad SMARTS) is 1. The van der Waals surface area contributed by atoms with E-state index < -0.39 is 46.4 Å². The van der Waals surface area contributed by atoms with Gasteiger partial charge in [-0.1, -0.05) is 30.3 Å². The van der Waals surface area contributed by atoms with Gasteiger partial charge in [0.15, 0.2) is 0 Å². The normalized spacial score (nSPS) is 16.4. The number of sulfonamides is 1. The van der Waals surface area contributed by atoms with Crippen LogP contribution in [-0.2, 0) is 24.4 Å². The lowest BCUT2D eigenvalue weighted by Gasteiger charge is -2.30. The van der Waals surface area contributed by atoms with Gasteiger partial charge in [-0.25, -0.2) is 12.7 Å². The van der Waals surface area contributed by atoms with Crippen LogP contribution in [0.1, 0.15) is 26.3 Å². The van der Waals surface area contributed by atoms with E-state index in [0.717, 1.165) is 4.31 Å². The van der Waals surface area contributed by atoms with Gasteiger partial charge >= 0.3 is 5.97 Å². The maximum atomic E-state index is 13.0. The first-order valence-corrected chi connectivity index (χ1v) is 9.52. The Kier molecular flexibility index (Phi) is 5.59. The average molecular weight is 395 g/mol. The fourth-order valence-electron chi connectivity index (χ4n) is 2.64. The Bertz CT molecular complexity index is 900. The molecule has 146 valence electrons. The van der Waals surface area contributed by atoms with E-state index >= 15 is 0 Å². The van der Waals surface area contributed by atoms with E-state index in [1.165, 1.54) is 0 Å². The lowest BCUT2D eigenvalue weighted by atomic mass is 10.1. The van der Waals surface area contributed by atoms with Gasteiger partial charge in [-0.3, -0.25) is 14.4 Å². The quantitative estimate of drug-likeness (QED) is 0.623. The molecule has 0 atom stereocenters. The third-order valence-corrected chi connectivity index (χ3v) is 5.78. The van der Waals surface area contributed by atoms with Gasteiger partial charge in [0.25, 0.3) is 15.9 Å². The van der Waals surface area contributed by atoms with Crippen molar-refractivity contribution in [3.8, 4) is 0 Å². The number of carbonyl (C=O) groups is 3. The van der Waals surface area contributed by atoms with E-state index in [1.54, 1.807) is 51.1 Å². The number of hydrogen-bond acceptors (Lipinski definition) is 6. The number of carboxylic acids is 1. The minimum Gasteiger partial charge on any atom is -0.480 e. The minimum absolute atomic E-state index is 0.214. The molecule has 0 radical (unpaired) electrons. The number of nitrogens with zero attached hydrogens (tertiary/aromatic N) is 1. The molecule has 1 aromatic rings. The van der Waals surface area contributed by atoms with Crippen LogP contribution < -0.4 is 10.6 Å². The molecule has 0 unspecified atom stereocenters. The van der Waals surface area contributed by atoms with E-state index in [4.69, 9.17) is 5.11 Å². The Balaban J connectivity index is 2.43. The molecule has 9 nitrogen and oxygen atoms in total. The molecule has 0 fully saturated rings. The summed E-state index contributed by atoms with van der Waals surface area (Å²) in [5.74, 6) is -2.67. The van der Waals surface area contributed by atoms with Crippen molar-refractivity contribution in [3.05, 3.63) is 41.6 Å². The fourth-order valence-corrected chi connectivity index (χ4v) is 4.70. The van der Waals surface area contributed by atoms with Gasteiger partial charge in [0, 0.05) is 0 Å². The van der Waals surface area contributed by atoms with Gasteiger partial charge in [-0.05, 0) is 26.3 Å². The molecule has 1 aliphatic rings. The zero-order valence-corrected chi connectivity index (χ0v) is 16.0. The average Bonchev–Trinajstić information content (AvgIpc) is 2.76. The topological polar surface area (TPSA) is 133 Å². The molecular weight excluding hydrogens is 374 g/mol. The van der Waals surface area contributed by atoms with Crippen LogP contribution in [-0.4, -0.2) is 54.2 Å². The largest absolute Gasteiger partial charge is 0.480 e. The molecule has 0 saturated heterocycles. The number of aliphatic carboxylic acids is 1. The molecule has 0 spiro atoms. The minimum atomic E-state index is -4.14. The number of carbonyl (C=O) groups excluding carboxylic acids is 2. The number of rotatable bonds is 6. The monoisotopic (exact) mass is 395 g/mol. The highest BCUT2D eigenvalue weighted by molar-refractivity contribution is 7.99. The van der Waals surface area contributed by atoms with Crippen LogP contribution in [0.4, 0.5) is 0 Å². The van der Waals surface area contributed by atoms with Crippen molar-refractivity contribution in [1.29, 1.82) is 0 Å². The Morgan fingerprint density at radius 3 is 2.22 bits per heavy atom. The molecule has 0 bridgehead atoms. The van der Waals surface area contributed by atoms with Gasteiger partial charge in [-0.2, -0.15) is 0 Å². The predicted molar refractivity (Wildman–Crippen MR) is 97.5 cm³/mol. The van der Waals surface area contributed by atoms with E-state index in [2.05, 4.69) is 10.6 Å². The van der Waals surface area contributed by atoms with Crippen molar-refractivity contribution in [3.63, 3.8) is 0 Å². The van der Waals surface area contributed by atoms with Gasteiger partial charge in [-0.15, -0.1) is 0 Å². The maximum absolute atomic E-state index is 13.0. The SMILES string of the molecule is CC(C)(C)N1C(=O)C(NCC(=O)NCC(=O)O)=C(c2ccccc2)S1(=O)=O. The summed E-state index contributed by atoms with van der Waals surface area (Å²) in [4.78, 5) is 34.9. The zero-order chi connectivity index (χ0) is 20.4. The molecule has 2 rings (SSSR count). The number of amides is 2. The summed E-state index contributed by atoms with van der Waals surface area (Å²) < 4.78 is 26.9. The van der Waals surface area contributed by atoms with Gasteiger partial charge in [0.1, 0.15) is 17.1 Å². The molecule has 2 amide bonds. The summed E-state index contributed by atoms with van der Waals surface area (Å²) >= 11 is 0. The van der Waals surface area contributed by atoms with E-state index in [9.17, 15) is 22.8 Å². The van der Waals surface area contributed by atoms with Crippen LogP contribution in [0, 0.1) is 0 Å². The molecular formula is C17H21N3O6S. The van der Waals surface area contributed by atoms with Crippen molar-refractivity contribution in [1.82, 2.24) is 14.9 Å². The maximum Gasteiger partial charge on any atom is 0.322 e. The van der Waals surface area contributed by atoms with E-state index in [0.29, 0.717) is 5.56 Å². The molecule has 27 heavy (non-hydrogen) atoms. The van der Waals surface area contributed by atoms with E-state index in [1.807, 2.05) is 0 Å². The summed E-state index contributed by atoms with van der Waals surface area (Å²) in [7, 11) is -4.14. The highest BCUT2D eigenvalue weighted by atomic mass is 32.2. The third-order valence-electron chi connectivity index (χ3n) is 3.63. The summed E-state index contributed by atoms with van der Waals surface area (Å²) in [6.07, 6.45) is 0. The Morgan fingerprint density at radius 1 is 1.11 bits per heavy atom. The number of benzene rings is 1. The highest BCUT2D eigenvalue weighted by Gasteiger charge is 2.49. The second-order valence-electron chi connectivity index (χ2n) is 6.84. The number of nitrogens with one attached hydrogen (secondary N) is 2. The molecule has 3 N–H and O–H groups in total. The van der Waals surface area contributed by atoms with Crippen LogP contribution in [0.25, 0.3) is 4.91 Å². The highest BCUT2D eigenvalue weighted by Crippen LogP contribution is 2.38. The Morgan fingerprint density at radius 2 is 1.70 bits per heavy atom. The van der Waals surface area contributed by atoms with Crippen molar-refractivity contribution >= 4 is 32.7 Å². The molecule has 0 aromatic heterocycles. The lowest BCUT2D eigenvalue weighted by Crippen LogP contribution is -2.47. The van der Waals surface area contributed by atoms with Gasteiger partial charge in [0.05, 0.1) is 12.1 Å². The summed E-state index contributed by atoms with van der Waals surface area (Å²) in [6, 6.07) is 8.09. The standard InChI is InChI=1S/C17H21N3O6S/c1-17(2,3)20-16(24)14(19-9-12(21)18-10-13(22)23)15(27(20,25)26)11-7-5-4-6-8-11/h4-8,19H,9-10H2,1-3H3,(H,18,21)(H,22,23). The summed E-state index contributed by atoms with van der Waals surface area (Å²) in [5, 5.41) is 13.3. The molecule has 0 saturated carbocycles. The van der Waals surface area contributed by atoms with Crippen LogP contribution in [0.2, 0.25) is 0 Å². The smallest absolute Gasteiger partial charge is 0.322 e. The van der Waals surface area contributed by atoms with Crippen LogP contribution in [0.5, 0.6) is 0 Å². The zero-order valence-electron chi connectivity index (χ0n) is 15.1. The Hall–Kier alpha value is -2.88. The molecule has 1 aliphatic heterocycles. The van der Waals surface area contributed by atoms with Crippen LogP contribution >= 0.6 is 0 Å². The van der Waals surface area contributed by atoms with Crippen molar-refractivity contribution in [2.45, 2.75) is 26.3 Å². The first-order valence-electron chi connectivity index (χ1n) is 8.08. The van der Waals surface area contributed by atoms with Crippen LogP contribution in [0.3, 0.4) is 0 Å². The first kappa shape index (κ1) is 20.4. The molecule has 0 aliphatic carbocycles. The van der Waals surface area contributed by atoms with Crippen molar-refractivity contribution < 1.29 is 27.9 Å². The van der Waals surface area contributed by atoms with Crippen LogP contribution in [0.15, 0.2) is 36.0 Å². The van der Waals surface area contributed by atoms with Gasteiger partial charge in [0.2, 0.25) is 5.91 Å². The fraction of sp³-hybridized carbons (Fsp3) is 0.353. The summed E-state index contributed by atoms with van der Waals surface area (Å²) in [6.45, 7) is 3.75. The second kappa shape index (κ2) is 7.39. The van der Waals surface area contributed by atoms with Crippen molar-refractivity contribution in [2.24, 2.45) is 0 Å². The summed E-state index contributed by atoms with van der Waals surface area (Å²) in [5.41, 5.74) is -0.919. The molecule has 10 heteroatoms. The molecule has 1 aromatic carbocycles. The lowest BCUT2D eigenvalue weighted by molar-refractivity contribution is -0.137. The third kappa shape index (κ3) is 4.27. The first-order chi connectivity index (χ1) is 12.5. The molecule has 1 heterocycles. The second-order valence-corrected chi connectivity index (χ2v) is 8.56. The Labute approximate surface area is 157 Å². The van der Waals surface area contributed by atoms with Crippen molar-refractivity contribution in [2.75, 3.05) is 13.1 Å². The predicted octanol–water partition coefficient (Wildman–Crippen LogP) is 0.116. The van der Waals surface area contributed by atoms with Gasteiger partial charge < -0.3 is 15.7 Å². The van der Waals surface area contributed by atoms with E-state index in [-0.39, 0.29) is 10.6 Å². The number of hydrogen-bond donors (Lipinski definition) is 3.